The zero-order valence-corrected chi connectivity index (χ0v) is 19.7. The Bertz CT molecular complexity index is 845. The molecule has 5 atom stereocenters. The molecule has 0 heterocycles. The van der Waals surface area contributed by atoms with Crippen molar-refractivity contribution in [2.24, 2.45) is 27.9 Å². The number of primary amides is 1. The van der Waals surface area contributed by atoms with Crippen molar-refractivity contribution >= 4 is 41.5 Å². The molecule has 204 valence electrons. The first-order chi connectivity index (χ1) is 16.6. The third-order valence-electron chi connectivity index (χ3n) is 4.67. The Morgan fingerprint density at radius 2 is 1.44 bits per heavy atom. The Morgan fingerprint density at radius 1 is 0.861 bits per heavy atom. The number of carboxylic acid groups (broad SMARTS) is 2. The van der Waals surface area contributed by atoms with Crippen LogP contribution in [0.3, 0.4) is 0 Å². The summed E-state index contributed by atoms with van der Waals surface area (Å²) in [6.45, 7) is 1.38. The van der Waals surface area contributed by atoms with E-state index in [4.69, 9.17) is 28.0 Å². The van der Waals surface area contributed by atoms with E-state index < -0.39 is 85.1 Å². The number of nitrogens with two attached hydrogens (primary N) is 4. The van der Waals surface area contributed by atoms with Crippen LogP contribution in [0.5, 0.6) is 0 Å². The molecule has 0 rings (SSSR count). The van der Waals surface area contributed by atoms with Crippen LogP contribution in [0.15, 0.2) is 4.99 Å². The Hall–Kier alpha value is -3.99. The van der Waals surface area contributed by atoms with Gasteiger partial charge in [0.05, 0.1) is 18.6 Å². The summed E-state index contributed by atoms with van der Waals surface area (Å²) in [5, 5.41) is 34.3. The predicted molar refractivity (Wildman–Crippen MR) is 124 cm³/mol. The number of carboxylic acids is 2. The number of aliphatic hydroxyl groups excluding tert-OH is 1. The number of carbonyl (C=O) groups is 6. The first-order valence-corrected chi connectivity index (χ1v) is 10.8. The molecule has 17 heteroatoms. The second-order valence-corrected chi connectivity index (χ2v) is 7.85. The topological polar surface area (TPSA) is 316 Å². The number of hydrogen-bond donors (Lipinski definition) is 10. The number of nitrogens with one attached hydrogen (secondary N) is 3. The lowest BCUT2D eigenvalue weighted by atomic mass is 10.1. The standard InChI is InChI=1S/C19H34N8O9/c1-8(28)14(27-15(32)9(20)3-2-6-24-19(22)23)17(34)26-11(7-12(21)29)16(33)25-10(18(35)36)4-5-13(30)31/h8-11,14,28H,2-7,20H2,1H3,(H2,21,29)(H,25,33)(H,26,34)(H,27,32)(H,30,31)(H,35,36)(H4,22,23,24). The number of aliphatic hydroxyl groups is 1. The summed E-state index contributed by atoms with van der Waals surface area (Å²) in [6, 6.07) is -6.02. The molecule has 0 spiro atoms. The maximum atomic E-state index is 12.7. The number of guanidine groups is 1. The van der Waals surface area contributed by atoms with Crippen molar-refractivity contribution in [1.82, 2.24) is 16.0 Å². The lowest BCUT2D eigenvalue weighted by Crippen LogP contribution is -2.60. The molecule has 4 amide bonds. The minimum absolute atomic E-state index is 0.134. The molecule has 0 aromatic heterocycles. The lowest BCUT2D eigenvalue weighted by Gasteiger charge is -2.26. The average Bonchev–Trinajstić information content (AvgIpc) is 2.75. The van der Waals surface area contributed by atoms with Gasteiger partial charge in [-0.15, -0.1) is 0 Å². The Morgan fingerprint density at radius 3 is 1.92 bits per heavy atom. The highest BCUT2D eigenvalue weighted by atomic mass is 16.4. The van der Waals surface area contributed by atoms with Gasteiger partial charge in [-0.2, -0.15) is 0 Å². The van der Waals surface area contributed by atoms with Gasteiger partial charge in [-0.25, -0.2) is 4.79 Å². The fraction of sp³-hybridized carbons (Fsp3) is 0.632. The Labute approximate surface area is 206 Å². The van der Waals surface area contributed by atoms with Crippen LogP contribution in [0.1, 0.15) is 39.0 Å². The normalized spacial score (nSPS) is 14.8. The van der Waals surface area contributed by atoms with Gasteiger partial charge in [0.15, 0.2) is 5.96 Å². The molecule has 0 aromatic rings. The van der Waals surface area contributed by atoms with Crippen LogP contribution in [-0.4, -0.2) is 93.7 Å². The number of carbonyl (C=O) groups excluding carboxylic acids is 4. The van der Waals surface area contributed by atoms with Crippen molar-refractivity contribution < 1.29 is 44.1 Å². The molecule has 0 radical (unpaired) electrons. The van der Waals surface area contributed by atoms with E-state index >= 15 is 0 Å². The highest BCUT2D eigenvalue weighted by molar-refractivity contribution is 5.96. The van der Waals surface area contributed by atoms with Crippen LogP contribution in [0, 0.1) is 0 Å². The van der Waals surface area contributed by atoms with Gasteiger partial charge in [0.2, 0.25) is 23.6 Å². The molecule has 0 aromatic carbocycles. The second-order valence-electron chi connectivity index (χ2n) is 7.85. The molecule has 0 aliphatic rings. The summed E-state index contributed by atoms with van der Waals surface area (Å²) in [6.07, 6.45) is -2.80. The highest BCUT2D eigenvalue weighted by Crippen LogP contribution is 2.04. The fourth-order valence-corrected chi connectivity index (χ4v) is 2.79. The van der Waals surface area contributed by atoms with E-state index in [0.29, 0.717) is 6.42 Å². The van der Waals surface area contributed by atoms with E-state index in [1.54, 1.807) is 0 Å². The molecule has 0 aliphatic carbocycles. The van der Waals surface area contributed by atoms with Gasteiger partial charge in [0.25, 0.3) is 0 Å². The SMILES string of the molecule is CC(O)C(NC(=O)C(N)CCCN=C(N)N)C(=O)NC(CC(N)=O)C(=O)NC(CCC(=O)O)C(=O)O. The first kappa shape index (κ1) is 32.0. The zero-order chi connectivity index (χ0) is 28.0. The number of hydrogen-bond acceptors (Lipinski definition) is 9. The van der Waals surface area contributed by atoms with Crippen molar-refractivity contribution in [3.8, 4) is 0 Å². The van der Waals surface area contributed by atoms with E-state index in [2.05, 4.69) is 15.6 Å². The maximum absolute atomic E-state index is 12.7. The van der Waals surface area contributed by atoms with Gasteiger partial charge in [-0.3, -0.25) is 29.0 Å². The fourth-order valence-electron chi connectivity index (χ4n) is 2.79. The molecule has 5 unspecified atom stereocenters. The Balaban J connectivity index is 5.35. The van der Waals surface area contributed by atoms with Gasteiger partial charge in [0.1, 0.15) is 18.1 Å². The summed E-state index contributed by atoms with van der Waals surface area (Å²) in [4.78, 5) is 74.8. The summed E-state index contributed by atoms with van der Waals surface area (Å²) >= 11 is 0. The van der Waals surface area contributed by atoms with E-state index in [0.717, 1.165) is 0 Å². The molecular weight excluding hydrogens is 484 g/mol. The summed E-state index contributed by atoms with van der Waals surface area (Å²) in [7, 11) is 0. The number of aliphatic imine (C=N–C) groups is 1. The third-order valence-corrected chi connectivity index (χ3v) is 4.67. The molecule has 0 saturated carbocycles. The van der Waals surface area contributed by atoms with E-state index in [1.165, 1.54) is 6.92 Å². The summed E-state index contributed by atoms with van der Waals surface area (Å²) < 4.78 is 0. The number of amides is 4. The van der Waals surface area contributed by atoms with Crippen molar-refractivity contribution in [2.45, 2.75) is 69.3 Å². The summed E-state index contributed by atoms with van der Waals surface area (Å²) in [5.74, 6) is -7.06. The van der Waals surface area contributed by atoms with Crippen LogP contribution in [0.4, 0.5) is 0 Å². The van der Waals surface area contributed by atoms with E-state index in [9.17, 15) is 39.0 Å². The number of nitrogens with zero attached hydrogens (tertiary/aromatic N) is 1. The average molecular weight is 519 g/mol. The van der Waals surface area contributed by atoms with Crippen LogP contribution in [-0.2, 0) is 28.8 Å². The molecule has 0 fully saturated rings. The Kier molecular flexibility index (Phi) is 14.1. The van der Waals surface area contributed by atoms with Crippen LogP contribution in [0.25, 0.3) is 0 Å². The van der Waals surface area contributed by atoms with Gasteiger partial charge >= 0.3 is 11.9 Å². The van der Waals surface area contributed by atoms with Gasteiger partial charge in [-0.1, -0.05) is 0 Å². The molecule has 0 saturated heterocycles. The molecule has 0 bridgehead atoms. The van der Waals surface area contributed by atoms with E-state index in [1.807, 2.05) is 5.32 Å². The lowest BCUT2D eigenvalue weighted by molar-refractivity contribution is -0.143. The van der Waals surface area contributed by atoms with Crippen molar-refractivity contribution in [1.29, 1.82) is 0 Å². The summed E-state index contributed by atoms with van der Waals surface area (Å²) in [5.41, 5.74) is 21.3. The molecule has 17 nitrogen and oxygen atoms in total. The molecule has 36 heavy (non-hydrogen) atoms. The van der Waals surface area contributed by atoms with Gasteiger partial charge in [0, 0.05) is 13.0 Å². The minimum atomic E-state index is -1.69. The van der Waals surface area contributed by atoms with Crippen LogP contribution in [0.2, 0.25) is 0 Å². The van der Waals surface area contributed by atoms with Gasteiger partial charge in [-0.05, 0) is 26.2 Å². The van der Waals surface area contributed by atoms with Crippen molar-refractivity contribution in [2.75, 3.05) is 6.54 Å². The zero-order valence-electron chi connectivity index (χ0n) is 19.7. The number of aliphatic carboxylic acids is 2. The predicted octanol–water partition coefficient (Wildman–Crippen LogP) is -4.97. The van der Waals surface area contributed by atoms with Crippen LogP contribution >= 0.6 is 0 Å². The molecule has 0 aliphatic heterocycles. The second kappa shape index (κ2) is 15.8. The van der Waals surface area contributed by atoms with Gasteiger partial charge < -0.3 is 54.2 Å². The van der Waals surface area contributed by atoms with Crippen molar-refractivity contribution in [3.63, 3.8) is 0 Å². The maximum Gasteiger partial charge on any atom is 0.326 e. The van der Waals surface area contributed by atoms with Crippen LogP contribution < -0.4 is 38.9 Å². The largest absolute Gasteiger partial charge is 0.481 e. The van der Waals surface area contributed by atoms with Crippen molar-refractivity contribution in [3.05, 3.63) is 0 Å². The highest BCUT2D eigenvalue weighted by Gasteiger charge is 2.33. The van der Waals surface area contributed by atoms with E-state index in [-0.39, 0.29) is 18.9 Å². The first-order valence-electron chi connectivity index (χ1n) is 10.8. The monoisotopic (exact) mass is 518 g/mol. The third kappa shape index (κ3) is 13.0. The molecule has 14 N–H and O–H groups in total. The molecular formula is C19H34N8O9. The number of rotatable bonds is 17. The minimum Gasteiger partial charge on any atom is -0.481 e. The quantitative estimate of drug-likeness (QED) is 0.0491. The smallest absolute Gasteiger partial charge is 0.326 e.